The van der Waals surface area contributed by atoms with E-state index in [1.165, 1.54) is 10.7 Å². The second kappa shape index (κ2) is 9.32. The third-order valence-electron chi connectivity index (χ3n) is 5.49. The van der Waals surface area contributed by atoms with Gasteiger partial charge < -0.3 is 9.64 Å². The number of benzene rings is 1. The van der Waals surface area contributed by atoms with E-state index in [0.717, 1.165) is 19.6 Å². The van der Waals surface area contributed by atoms with Gasteiger partial charge in [0, 0.05) is 51.6 Å². The van der Waals surface area contributed by atoms with E-state index in [0.29, 0.717) is 48.2 Å². The molecule has 1 aromatic carbocycles. The molecular formula is C22H25FN6O2. The molecule has 0 spiro atoms. The lowest BCUT2D eigenvalue weighted by molar-refractivity contribution is 0.0593. The van der Waals surface area contributed by atoms with Gasteiger partial charge in [0.1, 0.15) is 5.82 Å². The van der Waals surface area contributed by atoms with Gasteiger partial charge in [-0.15, -0.1) is 0 Å². The number of carbonyl (C=O) groups excluding carboxylic acids is 1. The van der Waals surface area contributed by atoms with Crippen LogP contribution in [0.1, 0.15) is 16.1 Å². The molecule has 1 aliphatic rings. The zero-order valence-corrected chi connectivity index (χ0v) is 17.7. The zero-order valence-electron chi connectivity index (χ0n) is 17.7. The van der Waals surface area contributed by atoms with Crippen molar-refractivity contribution in [3.63, 3.8) is 0 Å². The Balaban J connectivity index is 1.52. The smallest absolute Gasteiger partial charge is 0.257 e. The second-order valence-electron chi connectivity index (χ2n) is 7.40. The summed E-state index contributed by atoms with van der Waals surface area (Å²) in [5, 5.41) is 4.34. The van der Waals surface area contributed by atoms with Crippen LogP contribution in [0.4, 0.5) is 4.39 Å². The SMILES string of the molecule is COCCN1CCN(C(=O)c2cnn(-c3nccc(-c4ccccc4F)n3)c2C)CC1. The Morgan fingerprint density at radius 2 is 1.94 bits per heavy atom. The number of piperazine rings is 1. The topological polar surface area (TPSA) is 76.4 Å². The highest BCUT2D eigenvalue weighted by Crippen LogP contribution is 2.21. The average molecular weight is 424 g/mol. The zero-order chi connectivity index (χ0) is 21.8. The van der Waals surface area contributed by atoms with Gasteiger partial charge in [-0.3, -0.25) is 9.69 Å². The molecule has 9 heteroatoms. The predicted molar refractivity (Wildman–Crippen MR) is 114 cm³/mol. The molecular weight excluding hydrogens is 399 g/mol. The first kappa shape index (κ1) is 21.1. The summed E-state index contributed by atoms with van der Waals surface area (Å²) in [5.74, 6) is -0.119. The third-order valence-corrected chi connectivity index (χ3v) is 5.49. The van der Waals surface area contributed by atoms with E-state index >= 15 is 0 Å². The first-order chi connectivity index (χ1) is 15.1. The number of methoxy groups -OCH3 is 1. The van der Waals surface area contributed by atoms with E-state index in [4.69, 9.17) is 4.74 Å². The highest BCUT2D eigenvalue weighted by molar-refractivity contribution is 5.95. The number of rotatable bonds is 6. The number of hydrogen-bond acceptors (Lipinski definition) is 6. The van der Waals surface area contributed by atoms with Gasteiger partial charge >= 0.3 is 0 Å². The Bertz CT molecular complexity index is 1060. The Hall–Kier alpha value is -3.17. The van der Waals surface area contributed by atoms with Crippen molar-refractivity contribution in [2.75, 3.05) is 46.4 Å². The lowest BCUT2D eigenvalue weighted by atomic mass is 10.1. The number of aromatic nitrogens is 4. The largest absolute Gasteiger partial charge is 0.383 e. The van der Waals surface area contributed by atoms with Crippen LogP contribution < -0.4 is 0 Å². The highest BCUT2D eigenvalue weighted by Gasteiger charge is 2.25. The fourth-order valence-electron chi connectivity index (χ4n) is 3.66. The molecule has 0 saturated carbocycles. The molecule has 4 rings (SSSR count). The van der Waals surface area contributed by atoms with Gasteiger partial charge in [0.05, 0.1) is 29.8 Å². The van der Waals surface area contributed by atoms with Crippen LogP contribution in [0.25, 0.3) is 17.2 Å². The van der Waals surface area contributed by atoms with Gasteiger partial charge in [-0.2, -0.15) is 5.10 Å². The lowest BCUT2D eigenvalue weighted by Gasteiger charge is -2.34. The molecule has 0 radical (unpaired) electrons. The summed E-state index contributed by atoms with van der Waals surface area (Å²) >= 11 is 0. The Morgan fingerprint density at radius 3 is 2.68 bits per heavy atom. The van der Waals surface area contributed by atoms with Gasteiger partial charge in [0.15, 0.2) is 0 Å². The van der Waals surface area contributed by atoms with Gasteiger partial charge in [0.25, 0.3) is 11.9 Å². The van der Waals surface area contributed by atoms with E-state index in [-0.39, 0.29) is 11.7 Å². The molecule has 1 aliphatic heterocycles. The second-order valence-corrected chi connectivity index (χ2v) is 7.40. The fourth-order valence-corrected chi connectivity index (χ4v) is 3.66. The molecule has 3 aromatic rings. The van der Waals surface area contributed by atoms with E-state index in [1.807, 2.05) is 11.8 Å². The van der Waals surface area contributed by atoms with Crippen LogP contribution in [-0.4, -0.2) is 81.9 Å². The summed E-state index contributed by atoms with van der Waals surface area (Å²) in [4.78, 5) is 25.9. The van der Waals surface area contributed by atoms with Gasteiger partial charge in [-0.25, -0.2) is 19.0 Å². The standard InChI is InChI=1S/C22H25FN6O2/c1-16-18(21(30)28-11-9-27(10-12-28)13-14-31-2)15-25-29(16)22-24-8-7-20(26-22)17-5-3-4-6-19(17)23/h3-8,15H,9-14H2,1-2H3. The van der Waals surface area contributed by atoms with Crippen LogP contribution in [0.2, 0.25) is 0 Å². The molecule has 0 aliphatic carbocycles. The summed E-state index contributed by atoms with van der Waals surface area (Å²) in [7, 11) is 1.69. The van der Waals surface area contributed by atoms with Crippen molar-refractivity contribution >= 4 is 5.91 Å². The fraction of sp³-hybridized carbons (Fsp3) is 0.364. The van der Waals surface area contributed by atoms with Crippen molar-refractivity contribution in [3.8, 4) is 17.2 Å². The number of carbonyl (C=O) groups is 1. The summed E-state index contributed by atoms with van der Waals surface area (Å²) in [6.07, 6.45) is 3.11. The maximum Gasteiger partial charge on any atom is 0.257 e. The van der Waals surface area contributed by atoms with Crippen molar-refractivity contribution in [1.82, 2.24) is 29.5 Å². The average Bonchev–Trinajstić information content (AvgIpc) is 3.19. The maximum absolute atomic E-state index is 14.2. The Labute approximate surface area is 180 Å². The van der Waals surface area contributed by atoms with E-state index in [9.17, 15) is 9.18 Å². The van der Waals surface area contributed by atoms with Crippen molar-refractivity contribution < 1.29 is 13.9 Å². The lowest BCUT2D eigenvalue weighted by Crippen LogP contribution is -2.49. The molecule has 162 valence electrons. The summed E-state index contributed by atoms with van der Waals surface area (Å²) in [6, 6.07) is 8.09. The number of amides is 1. The van der Waals surface area contributed by atoms with Crippen LogP contribution in [0.5, 0.6) is 0 Å². The Morgan fingerprint density at radius 1 is 1.16 bits per heavy atom. The van der Waals surface area contributed by atoms with E-state index < -0.39 is 0 Å². The van der Waals surface area contributed by atoms with Crippen molar-refractivity contribution in [2.45, 2.75) is 6.92 Å². The highest BCUT2D eigenvalue weighted by atomic mass is 19.1. The summed E-state index contributed by atoms with van der Waals surface area (Å²) in [6.45, 7) is 6.32. The number of halogens is 1. The van der Waals surface area contributed by atoms with Crippen LogP contribution in [0.3, 0.4) is 0 Å². The van der Waals surface area contributed by atoms with Crippen molar-refractivity contribution in [1.29, 1.82) is 0 Å². The Kier molecular flexibility index (Phi) is 6.34. The molecule has 0 N–H and O–H groups in total. The first-order valence-electron chi connectivity index (χ1n) is 10.2. The van der Waals surface area contributed by atoms with Crippen LogP contribution in [0.15, 0.2) is 42.7 Å². The number of hydrogen-bond donors (Lipinski definition) is 0. The van der Waals surface area contributed by atoms with Crippen molar-refractivity contribution in [2.24, 2.45) is 0 Å². The van der Waals surface area contributed by atoms with Gasteiger partial charge in [-0.05, 0) is 25.1 Å². The predicted octanol–water partition coefficient (Wildman–Crippen LogP) is 2.18. The van der Waals surface area contributed by atoms with Gasteiger partial charge in [0.2, 0.25) is 0 Å². The maximum atomic E-state index is 14.2. The van der Waals surface area contributed by atoms with Crippen LogP contribution >= 0.6 is 0 Å². The first-order valence-corrected chi connectivity index (χ1v) is 10.2. The minimum Gasteiger partial charge on any atom is -0.383 e. The van der Waals surface area contributed by atoms with Gasteiger partial charge in [-0.1, -0.05) is 12.1 Å². The molecule has 0 unspecified atom stereocenters. The van der Waals surface area contributed by atoms with E-state index in [2.05, 4.69) is 20.0 Å². The molecule has 0 bridgehead atoms. The minimum absolute atomic E-state index is 0.0552. The van der Waals surface area contributed by atoms with Crippen molar-refractivity contribution in [3.05, 3.63) is 59.8 Å². The van der Waals surface area contributed by atoms with Crippen LogP contribution in [0, 0.1) is 12.7 Å². The summed E-state index contributed by atoms with van der Waals surface area (Å²) in [5.41, 5.74) is 2.01. The minimum atomic E-state index is -0.357. The quantitative estimate of drug-likeness (QED) is 0.604. The van der Waals surface area contributed by atoms with E-state index in [1.54, 1.807) is 43.8 Å². The molecule has 0 atom stereocenters. The summed E-state index contributed by atoms with van der Waals surface area (Å²) < 4.78 is 20.8. The molecule has 1 amide bonds. The number of ether oxygens (including phenoxy) is 1. The normalized spacial score (nSPS) is 14.7. The van der Waals surface area contributed by atoms with Crippen LogP contribution in [-0.2, 0) is 4.74 Å². The monoisotopic (exact) mass is 424 g/mol. The molecule has 31 heavy (non-hydrogen) atoms. The molecule has 8 nitrogen and oxygen atoms in total. The number of nitrogens with zero attached hydrogens (tertiary/aromatic N) is 6. The third kappa shape index (κ3) is 4.47. The molecule has 3 heterocycles. The molecule has 2 aromatic heterocycles. The molecule has 1 fully saturated rings. The molecule has 1 saturated heterocycles.